The van der Waals surface area contributed by atoms with Crippen LogP contribution in [0.5, 0.6) is 0 Å². The smallest absolute Gasteiger partial charge is 0.435 e. The number of nitrogens with one attached hydrogen (secondary N) is 1. The van der Waals surface area contributed by atoms with Gasteiger partial charge in [-0.15, -0.1) is 0 Å². The van der Waals surface area contributed by atoms with E-state index in [-0.39, 0.29) is 85.2 Å². The lowest BCUT2D eigenvalue weighted by molar-refractivity contribution is -0.276. The molecule has 0 aliphatic carbocycles. The van der Waals surface area contributed by atoms with Crippen LogP contribution in [-0.4, -0.2) is 116 Å². The summed E-state index contributed by atoms with van der Waals surface area (Å²) in [5, 5.41) is 22.3. The molecule has 9 heterocycles. The Bertz CT molecular complexity index is 5330. The highest BCUT2D eigenvalue weighted by atomic mass is 19.4. The first-order valence-corrected chi connectivity index (χ1v) is 33.4. The molecule has 1 amide bonds. The summed E-state index contributed by atoms with van der Waals surface area (Å²) in [6.07, 6.45) is -40.8. The van der Waals surface area contributed by atoms with Gasteiger partial charge < -0.3 is 48.6 Å². The highest BCUT2D eigenvalue weighted by Gasteiger charge is 2.65. The van der Waals surface area contributed by atoms with E-state index in [1.807, 2.05) is 0 Å². The van der Waals surface area contributed by atoms with Gasteiger partial charge in [-0.2, -0.15) is 105 Å². The first-order valence-electron chi connectivity index (χ1n) is 33.4. The molecule has 0 bridgehead atoms. The van der Waals surface area contributed by atoms with Crippen LogP contribution in [0.25, 0.3) is 16.6 Å². The van der Waals surface area contributed by atoms with Crippen LogP contribution in [-0.2, 0) is 64.2 Å². The summed E-state index contributed by atoms with van der Waals surface area (Å²) in [6, 6.07) is 23.1. The normalized spacial score (nSPS) is 18.0. The van der Waals surface area contributed by atoms with Gasteiger partial charge in [-0.3, -0.25) is 14.4 Å². The fourth-order valence-corrected chi connectivity index (χ4v) is 12.5. The van der Waals surface area contributed by atoms with E-state index in [1.54, 1.807) is 12.1 Å². The van der Waals surface area contributed by atoms with Gasteiger partial charge in [-0.05, 0) is 130 Å². The number of ether oxygens (including phenoxy) is 1. The predicted octanol–water partition coefficient (Wildman–Crippen LogP) is 18.5. The Hall–Kier alpha value is -11.6. The molecule has 116 heavy (non-hydrogen) atoms. The molecule has 6 aromatic heterocycles. The van der Waals surface area contributed by atoms with Crippen molar-refractivity contribution in [3.05, 3.63) is 230 Å². The summed E-state index contributed by atoms with van der Waals surface area (Å²) in [5.74, 6) is -4.11. The van der Waals surface area contributed by atoms with Crippen molar-refractivity contribution in [3.8, 4) is 0 Å². The quantitative estimate of drug-likeness (QED) is 0.0608. The number of methoxy groups -OCH3 is 1. The highest BCUT2D eigenvalue weighted by Crippen LogP contribution is 2.54. The molecule has 0 spiro atoms. The van der Waals surface area contributed by atoms with E-state index >= 15 is 0 Å². The van der Waals surface area contributed by atoms with E-state index in [2.05, 4.69) is 20.8 Å². The minimum absolute atomic E-state index is 0.00395. The molecule has 0 saturated heterocycles. The van der Waals surface area contributed by atoms with Crippen molar-refractivity contribution in [3.63, 3.8) is 0 Å². The summed E-state index contributed by atoms with van der Waals surface area (Å²) in [7, 11) is 1.19. The topological polar surface area (TPSA) is 231 Å². The summed E-state index contributed by atoms with van der Waals surface area (Å²) in [6.45, 7) is 2.77. The van der Waals surface area contributed by atoms with Crippen LogP contribution >= 0.6 is 0 Å². The second-order valence-electron chi connectivity index (χ2n) is 26.3. The largest absolute Gasteiger partial charge is 0.478 e. The number of hydrogen-bond donors (Lipinski definition) is 3. The summed E-state index contributed by atoms with van der Waals surface area (Å²) in [4.78, 5) is 72.6. The van der Waals surface area contributed by atoms with Gasteiger partial charge in [0.15, 0.2) is 5.78 Å². The van der Waals surface area contributed by atoms with Gasteiger partial charge in [0.2, 0.25) is 0 Å². The van der Waals surface area contributed by atoms with Gasteiger partial charge in [-0.25, -0.2) is 9.59 Å². The lowest BCUT2D eigenvalue weighted by Crippen LogP contribution is -2.43. The number of hydrogen-bond acceptors (Lipinski definition) is 13. The fourth-order valence-electron chi connectivity index (χ4n) is 12.5. The Morgan fingerprint density at radius 3 is 1.06 bits per heavy atom. The van der Waals surface area contributed by atoms with Crippen molar-refractivity contribution in [2.75, 3.05) is 20.2 Å². The number of pyridine rings is 3. The number of Topliss-reactive ketones (excluding diaryl/α,β-unsaturated/α-hetero) is 2. The molecule has 622 valence electrons. The molecule has 3 aliphatic heterocycles. The average Bonchev–Trinajstić information content (AvgIpc) is 1.55. The Kier molecular flexibility index (Phi) is 24.8. The van der Waals surface area contributed by atoms with Gasteiger partial charge in [0.25, 0.3) is 22.7 Å². The molecule has 3 unspecified atom stereocenters. The first kappa shape index (κ1) is 88.3. The van der Waals surface area contributed by atoms with E-state index < -0.39 is 180 Å². The second-order valence-corrected chi connectivity index (χ2v) is 26.3. The number of aryl methyl sites for hydroxylation is 3. The zero-order valence-electron chi connectivity index (χ0n) is 59.7. The number of oxime groups is 3. The number of carbonyl (C=O) groups is 5. The molecule has 0 fully saturated rings. The zero-order valence-corrected chi connectivity index (χ0v) is 59.7. The number of amides is 1. The zero-order chi connectivity index (χ0) is 86.2. The molecule has 4 N–H and O–H groups in total. The lowest BCUT2D eigenvalue weighted by atomic mass is 9.85. The lowest BCUT2D eigenvalue weighted by Gasteiger charge is -2.30. The number of aromatic carboxylic acids is 1. The SMILES string of the molecule is COC(=O)c1ccc(C2=NOC(c3cc(C)cc(C(F)(F)F)c3)(C(F)(F)F)C2)n2cccc12.Cc1cc(C(F)(F)F)cc(C2(C(F)(F)F)CC(c3ccc(C(=O)NCC(=O)CCC(F)(F)F)c4cccn34)=NO2)c1.Cc1cc(C(F)(F)F)cc(C2(C(F)(F)F)CC(c3ccc(C(=O)O)c4cccn34)=NO2)c1.NCC(=O)CCC(F)(F)F. The molecule has 12 rings (SSSR count). The van der Waals surface area contributed by atoms with Crippen molar-refractivity contribution in [2.24, 2.45) is 21.2 Å². The second kappa shape index (κ2) is 32.6. The third kappa shape index (κ3) is 19.2. The number of nitrogens with zero attached hydrogens (tertiary/aromatic N) is 6. The number of fused-ring (bicyclic) bond motifs is 3. The maximum absolute atomic E-state index is 14.4. The van der Waals surface area contributed by atoms with Gasteiger partial charge in [-0.1, -0.05) is 50.4 Å². The Balaban J connectivity index is 0.000000189. The number of carbonyl (C=O) groups excluding carboxylic acids is 4. The number of carboxylic acids is 1. The van der Waals surface area contributed by atoms with Gasteiger partial charge >= 0.3 is 61.3 Å². The summed E-state index contributed by atoms with van der Waals surface area (Å²) in [5.41, 5.74) is -10.1. The van der Waals surface area contributed by atoms with Crippen LogP contribution in [0, 0.1) is 20.8 Å². The minimum atomic E-state index is -5.18. The first-order chi connectivity index (χ1) is 53.6. The van der Waals surface area contributed by atoms with Crippen LogP contribution in [0.1, 0.15) is 143 Å². The number of aromatic nitrogens is 3. The van der Waals surface area contributed by atoms with Gasteiger partial charge in [0, 0.05) is 48.1 Å². The molecule has 42 heteroatoms. The number of rotatable bonds is 16. The maximum Gasteiger partial charge on any atom is 0.435 e. The van der Waals surface area contributed by atoms with Crippen LogP contribution in [0.4, 0.5) is 105 Å². The third-order valence-corrected chi connectivity index (χ3v) is 18.1. The van der Waals surface area contributed by atoms with Crippen LogP contribution in [0.2, 0.25) is 0 Å². The fraction of sp³-hybridized carbons (Fsp3) is 0.324. The Labute approximate surface area is 636 Å². The Morgan fingerprint density at radius 1 is 0.448 bits per heavy atom. The van der Waals surface area contributed by atoms with Crippen LogP contribution < -0.4 is 11.1 Å². The van der Waals surface area contributed by atoms with E-state index in [0.717, 1.165) is 30.3 Å². The van der Waals surface area contributed by atoms with Crippen LogP contribution in [0.15, 0.2) is 161 Å². The predicted molar refractivity (Wildman–Crippen MR) is 361 cm³/mol. The third-order valence-electron chi connectivity index (χ3n) is 18.1. The van der Waals surface area contributed by atoms with Crippen molar-refractivity contribution in [1.82, 2.24) is 18.5 Å². The number of benzene rings is 3. The van der Waals surface area contributed by atoms with Crippen molar-refractivity contribution < 1.29 is 154 Å². The summed E-state index contributed by atoms with van der Waals surface area (Å²) < 4.78 is 328. The number of alkyl halides is 24. The minimum Gasteiger partial charge on any atom is -0.478 e. The molecule has 3 aliphatic rings. The molecular formula is C74H58F24N8O10. The maximum atomic E-state index is 14.4. The van der Waals surface area contributed by atoms with E-state index in [9.17, 15) is 134 Å². The van der Waals surface area contributed by atoms with Gasteiger partial charge in [0.1, 0.15) is 22.9 Å². The standard InChI is InChI=1S/C26H20F9N3O3.C22H16F6N2O3.C21H14F6N2O3.C5H8F3NO/c1-14-9-15(11-16(10-14)25(30,31)32)23(26(33,34)35)12-19(37-41-23)21-5-4-18(20-3-2-8-38(20)21)22(40)36-13-17(39)6-7-24(27,28)29;1-12-8-13(10-14(9-12)21(23,24)25)20(22(26,27)28)11-16(29-33-20)18-6-5-15(19(31)32-2)17-4-3-7-30(17)18;1-11-7-12(9-13(8-11)20(22,23)24)19(21(25,26)27)10-15(28-32-19)17-5-4-14(18(30)31)16-3-2-6-29(16)17;6-5(7,8)2-1-4(10)3-9/h2-5,8-11H,6-7,12-13H2,1H3,(H,36,40);3-10H,11H2,1-2H3;2-9H,10H2,1H3,(H,30,31);1-3,9H2. The van der Waals surface area contributed by atoms with Gasteiger partial charge in [0.05, 0.1) is 119 Å². The highest BCUT2D eigenvalue weighted by molar-refractivity contribution is 6.07. The number of esters is 1. The molecule has 3 atom stereocenters. The number of carboxylic acid groups (broad SMARTS) is 1. The Morgan fingerprint density at radius 2 is 0.759 bits per heavy atom. The molecule has 0 radical (unpaired) electrons. The molecule has 18 nitrogen and oxygen atoms in total. The van der Waals surface area contributed by atoms with E-state index in [1.165, 1.54) is 120 Å². The number of ketones is 2. The van der Waals surface area contributed by atoms with Crippen molar-refractivity contribution in [1.29, 1.82) is 0 Å². The average molecular weight is 1680 g/mol. The number of halogens is 24. The van der Waals surface area contributed by atoms with Crippen molar-refractivity contribution >= 4 is 63.1 Å². The van der Waals surface area contributed by atoms with Crippen LogP contribution in [0.3, 0.4) is 0 Å². The van der Waals surface area contributed by atoms with Crippen molar-refractivity contribution in [2.45, 2.75) is 132 Å². The monoisotopic (exact) mass is 1670 g/mol. The molecule has 3 aromatic carbocycles. The van der Waals surface area contributed by atoms with E-state index in [4.69, 9.17) is 25.0 Å². The van der Waals surface area contributed by atoms with E-state index in [0.29, 0.717) is 29.8 Å². The molecule has 9 aromatic rings. The molecule has 0 saturated carbocycles. The summed E-state index contributed by atoms with van der Waals surface area (Å²) >= 11 is 0. The molecular weight excluding hydrogens is 1620 g/mol. The number of nitrogens with two attached hydrogens (primary N) is 1.